The van der Waals surface area contributed by atoms with Crippen molar-refractivity contribution in [3.05, 3.63) is 48.0 Å². The molecule has 0 radical (unpaired) electrons. The van der Waals surface area contributed by atoms with Crippen molar-refractivity contribution in [2.24, 2.45) is 17.8 Å². The Morgan fingerprint density at radius 2 is 1.88 bits per heavy atom. The van der Waals surface area contributed by atoms with E-state index in [1.807, 2.05) is 0 Å². The average Bonchev–Trinajstić information content (AvgIpc) is 2.98. The number of allylic oxidation sites excluding steroid dienone is 2. The van der Waals surface area contributed by atoms with Crippen LogP contribution in [0.25, 0.3) is 0 Å². The van der Waals surface area contributed by atoms with Gasteiger partial charge < -0.3 is 0 Å². The van der Waals surface area contributed by atoms with E-state index in [0.29, 0.717) is 5.41 Å². The molecule has 0 amide bonds. The van der Waals surface area contributed by atoms with Gasteiger partial charge in [-0.2, -0.15) is 0 Å². The van der Waals surface area contributed by atoms with Crippen molar-refractivity contribution in [1.82, 2.24) is 0 Å². The Bertz CT molecular complexity index is 417. The highest BCUT2D eigenvalue weighted by atomic mass is 14.6. The molecule has 1 aromatic rings. The van der Waals surface area contributed by atoms with Crippen LogP contribution in [0.5, 0.6) is 0 Å². The molecule has 0 heteroatoms. The van der Waals surface area contributed by atoms with Crippen molar-refractivity contribution < 1.29 is 0 Å². The predicted molar refractivity (Wildman–Crippen MR) is 72.9 cm³/mol. The number of rotatable bonds is 3. The highest BCUT2D eigenvalue weighted by Crippen LogP contribution is 2.59. The maximum Gasteiger partial charge on any atom is 0.00470 e. The van der Waals surface area contributed by atoms with Gasteiger partial charge in [0.25, 0.3) is 0 Å². The first-order chi connectivity index (χ1) is 8.32. The van der Waals surface area contributed by atoms with Crippen molar-refractivity contribution in [3.63, 3.8) is 0 Å². The second kappa shape index (κ2) is 4.01. The fourth-order valence-electron chi connectivity index (χ4n) is 4.64. The second-order valence-corrected chi connectivity index (χ2v) is 5.67. The molecule has 0 nitrogen and oxygen atoms in total. The summed E-state index contributed by atoms with van der Waals surface area (Å²) in [6.07, 6.45) is 8.96. The van der Waals surface area contributed by atoms with Crippen LogP contribution < -0.4 is 0 Å². The van der Waals surface area contributed by atoms with E-state index < -0.39 is 0 Å². The van der Waals surface area contributed by atoms with Gasteiger partial charge in [0.2, 0.25) is 0 Å². The summed E-state index contributed by atoms with van der Waals surface area (Å²) in [5, 5.41) is 0. The zero-order chi connectivity index (χ0) is 11.9. The molecule has 4 unspecified atom stereocenters. The molecule has 4 atom stereocenters. The van der Waals surface area contributed by atoms with Crippen LogP contribution in [0.15, 0.2) is 42.5 Å². The lowest BCUT2D eigenvalue weighted by Crippen LogP contribution is -2.38. The molecule has 1 saturated carbocycles. The molecule has 0 spiro atoms. The third-order valence-electron chi connectivity index (χ3n) is 5.29. The number of benzene rings is 1. The Hall–Kier alpha value is -1.04. The van der Waals surface area contributed by atoms with Gasteiger partial charge in [-0.15, -0.1) is 0 Å². The van der Waals surface area contributed by atoms with Gasteiger partial charge in [0.1, 0.15) is 0 Å². The number of hydrogen-bond donors (Lipinski definition) is 0. The Morgan fingerprint density at radius 1 is 1.12 bits per heavy atom. The predicted octanol–water partition coefficient (Wildman–Crippen LogP) is 4.57. The molecular weight excluding hydrogens is 204 g/mol. The summed E-state index contributed by atoms with van der Waals surface area (Å²) in [7, 11) is 0. The lowest BCUT2D eigenvalue weighted by Gasteiger charge is -2.42. The van der Waals surface area contributed by atoms with Gasteiger partial charge in [0.15, 0.2) is 0 Å². The Balaban J connectivity index is 2.11. The van der Waals surface area contributed by atoms with Crippen molar-refractivity contribution in [3.8, 4) is 0 Å². The number of fused-ring (bicyclic) bond motifs is 2. The summed E-state index contributed by atoms with van der Waals surface area (Å²) < 4.78 is 0. The largest absolute Gasteiger partial charge is 0.0848 e. The summed E-state index contributed by atoms with van der Waals surface area (Å²) in [4.78, 5) is 0. The Morgan fingerprint density at radius 3 is 2.53 bits per heavy atom. The van der Waals surface area contributed by atoms with Gasteiger partial charge in [-0.05, 0) is 36.2 Å². The fraction of sp³-hybridized carbons (Fsp3) is 0.529. The van der Waals surface area contributed by atoms with E-state index in [2.05, 4.69) is 56.3 Å². The monoisotopic (exact) mass is 226 g/mol. The molecular formula is C17H22. The average molecular weight is 226 g/mol. The van der Waals surface area contributed by atoms with Crippen molar-refractivity contribution in [1.29, 1.82) is 0 Å². The quantitative estimate of drug-likeness (QED) is 0.662. The SMILES string of the molecule is CCC1C2C=CC(C2)C1(CC)c1ccccc1. The molecule has 0 saturated heterocycles. The molecule has 3 rings (SSSR count). The normalized spacial score (nSPS) is 38.8. The van der Waals surface area contributed by atoms with E-state index in [9.17, 15) is 0 Å². The van der Waals surface area contributed by atoms with Crippen LogP contribution in [-0.2, 0) is 5.41 Å². The minimum Gasteiger partial charge on any atom is -0.0848 e. The van der Waals surface area contributed by atoms with Crippen molar-refractivity contribution in [2.75, 3.05) is 0 Å². The fourth-order valence-corrected chi connectivity index (χ4v) is 4.64. The minimum atomic E-state index is 0.426. The molecule has 0 N–H and O–H groups in total. The van der Waals surface area contributed by atoms with E-state index in [0.717, 1.165) is 17.8 Å². The van der Waals surface area contributed by atoms with Crippen LogP contribution >= 0.6 is 0 Å². The maximum absolute atomic E-state index is 2.49. The van der Waals surface area contributed by atoms with Crippen LogP contribution in [0.3, 0.4) is 0 Å². The standard InChI is InChI=1S/C17H22/c1-3-16-13-10-11-15(12-13)17(16,4-2)14-8-6-5-7-9-14/h5-11,13,15-16H,3-4,12H2,1-2H3. The molecule has 2 aliphatic carbocycles. The second-order valence-electron chi connectivity index (χ2n) is 5.67. The van der Waals surface area contributed by atoms with Crippen molar-refractivity contribution in [2.45, 2.75) is 38.5 Å². The first kappa shape index (κ1) is 11.1. The first-order valence-electron chi connectivity index (χ1n) is 7.06. The molecule has 2 bridgehead atoms. The topological polar surface area (TPSA) is 0 Å². The molecule has 2 aliphatic rings. The molecule has 0 aromatic heterocycles. The van der Waals surface area contributed by atoms with Gasteiger partial charge in [0, 0.05) is 5.41 Å². The van der Waals surface area contributed by atoms with E-state index in [1.54, 1.807) is 5.56 Å². The lowest BCUT2D eigenvalue weighted by atomic mass is 9.62. The third-order valence-corrected chi connectivity index (χ3v) is 5.29. The van der Waals surface area contributed by atoms with E-state index in [1.165, 1.54) is 19.3 Å². The molecule has 17 heavy (non-hydrogen) atoms. The summed E-state index contributed by atoms with van der Waals surface area (Å²) in [5.41, 5.74) is 2.00. The minimum absolute atomic E-state index is 0.426. The van der Waals surface area contributed by atoms with Gasteiger partial charge in [-0.25, -0.2) is 0 Å². The van der Waals surface area contributed by atoms with Gasteiger partial charge >= 0.3 is 0 Å². The Kier molecular flexibility index (Phi) is 2.61. The smallest absolute Gasteiger partial charge is 0.00470 e. The van der Waals surface area contributed by atoms with E-state index in [-0.39, 0.29) is 0 Å². The molecule has 0 heterocycles. The lowest BCUT2D eigenvalue weighted by molar-refractivity contribution is 0.228. The van der Waals surface area contributed by atoms with Crippen molar-refractivity contribution >= 4 is 0 Å². The third kappa shape index (κ3) is 1.36. The molecule has 1 fully saturated rings. The van der Waals surface area contributed by atoms with E-state index in [4.69, 9.17) is 0 Å². The molecule has 0 aliphatic heterocycles. The summed E-state index contributed by atoms with van der Waals surface area (Å²) in [5.74, 6) is 2.47. The van der Waals surface area contributed by atoms with Crippen LogP contribution in [0.1, 0.15) is 38.7 Å². The zero-order valence-electron chi connectivity index (χ0n) is 10.9. The summed E-state index contributed by atoms with van der Waals surface area (Å²) in [6, 6.07) is 11.2. The molecule has 90 valence electrons. The first-order valence-corrected chi connectivity index (χ1v) is 7.06. The molecule has 1 aromatic carbocycles. The van der Waals surface area contributed by atoms with Crippen LogP contribution in [0, 0.1) is 17.8 Å². The highest BCUT2D eigenvalue weighted by molar-refractivity contribution is 5.35. The van der Waals surface area contributed by atoms with Crippen LogP contribution in [-0.4, -0.2) is 0 Å². The van der Waals surface area contributed by atoms with E-state index >= 15 is 0 Å². The number of hydrogen-bond acceptors (Lipinski definition) is 0. The Labute approximate surface area is 105 Å². The maximum atomic E-state index is 2.49. The van der Waals surface area contributed by atoms with Gasteiger partial charge in [-0.3, -0.25) is 0 Å². The van der Waals surface area contributed by atoms with Gasteiger partial charge in [0.05, 0.1) is 0 Å². The summed E-state index contributed by atoms with van der Waals surface area (Å²) in [6.45, 7) is 4.75. The highest BCUT2D eigenvalue weighted by Gasteiger charge is 2.54. The van der Waals surface area contributed by atoms with Gasteiger partial charge in [-0.1, -0.05) is 62.8 Å². The summed E-state index contributed by atoms with van der Waals surface area (Å²) >= 11 is 0. The van der Waals surface area contributed by atoms with Crippen LogP contribution in [0.4, 0.5) is 0 Å². The zero-order valence-corrected chi connectivity index (χ0v) is 10.9. The van der Waals surface area contributed by atoms with Crippen LogP contribution in [0.2, 0.25) is 0 Å².